The molecule has 0 spiro atoms. The zero-order chi connectivity index (χ0) is 28.9. The zero-order valence-corrected chi connectivity index (χ0v) is 21.1. The predicted molar refractivity (Wildman–Crippen MR) is 129 cm³/mol. The van der Waals surface area contributed by atoms with Crippen LogP contribution >= 0.6 is 11.6 Å². The molecule has 0 atom stereocenters. The van der Waals surface area contributed by atoms with Crippen LogP contribution in [0.15, 0.2) is 48.5 Å². The maximum absolute atomic E-state index is 15.2. The first-order valence-electron chi connectivity index (χ1n) is 11.7. The van der Waals surface area contributed by atoms with E-state index in [2.05, 4.69) is 4.74 Å². The first kappa shape index (κ1) is 28.1. The highest BCUT2D eigenvalue weighted by atomic mass is 35.5. The van der Waals surface area contributed by atoms with E-state index in [-0.39, 0.29) is 22.9 Å². The molecule has 0 N–H and O–H groups in total. The Morgan fingerprint density at radius 1 is 0.775 bits per heavy atom. The van der Waals surface area contributed by atoms with Gasteiger partial charge in [0.05, 0.1) is 23.6 Å². The SMILES string of the molecule is CC1COC(c2ccc(-c3cc4ccc(C(F)(F)Oc5cc(F)c(F)c(Cl)c5)c(F)c4c(F)c3F)c(F)c2)OC1. The molecule has 40 heavy (non-hydrogen) atoms. The van der Waals surface area contributed by atoms with Crippen LogP contribution in [0.4, 0.5) is 35.1 Å². The molecule has 0 saturated carbocycles. The number of ether oxygens (including phenoxy) is 3. The summed E-state index contributed by atoms with van der Waals surface area (Å²) in [6.07, 6.45) is -5.40. The minimum absolute atomic E-state index is 0.145. The van der Waals surface area contributed by atoms with Crippen molar-refractivity contribution in [3.63, 3.8) is 0 Å². The van der Waals surface area contributed by atoms with E-state index in [4.69, 9.17) is 21.1 Å². The Bertz CT molecular complexity index is 1600. The molecule has 5 rings (SSSR count). The molecule has 0 amide bonds. The third-order valence-corrected chi connectivity index (χ3v) is 6.53. The maximum atomic E-state index is 15.2. The molecule has 0 aromatic heterocycles. The van der Waals surface area contributed by atoms with Crippen molar-refractivity contribution in [2.45, 2.75) is 19.3 Å². The lowest BCUT2D eigenvalue weighted by atomic mass is 9.96. The summed E-state index contributed by atoms with van der Waals surface area (Å²) in [5.41, 5.74) is -2.18. The number of benzene rings is 4. The molecular weight excluding hydrogens is 572 g/mol. The molecule has 12 heteroatoms. The Balaban J connectivity index is 1.51. The van der Waals surface area contributed by atoms with Crippen molar-refractivity contribution in [1.29, 1.82) is 0 Å². The molecule has 4 aromatic carbocycles. The fraction of sp³-hybridized carbons (Fsp3) is 0.214. The lowest BCUT2D eigenvalue weighted by molar-refractivity contribution is -0.202. The summed E-state index contributed by atoms with van der Waals surface area (Å²) >= 11 is 5.43. The summed E-state index contributed by atoms with van der Waals surface area (Å²) in [4.78, 5) is 0. The van der Waals surface area contributed by atoms with E-state index in [9.17, 15) is 17.6 Å². The summed E-state index contributed by atoms with van der Waals surface area (Å²) in [5.74, 6) is -10.3. The smallest absolute Gasteiger partial charge is 0.429 e. The second-order valence-electron chi connectivity index (χ2n) is 9.24. The van der Waals surface area contributed by atoms with Gasteiger partial charge in [-0.15, -0.1) is 0 Å². The van der Waals surface area contributed by atoms with E-state index in [0.29, 0.717) is 30.9 Å². The van der Waals surface area contributed by atoms with Gasteiger partial charge >= 0.3 is 6.11 Å². The molecule has 3 nitrogen and oxygen atoms in total. The average molecular weight is 589 g/mol. The fourth-order valence-electron chi connectivity index (χ4n) is 4.28. The van der Waals surface area contributed by atoms with Crippen LogP contribution in [0.5, 0.6) is 5.75 Å². The molecule has 4 aromatic rings. The van der Waals surface area contributed by atoms with Gasteiger partial charge in [-0.2, -0.15) is 8.78 Å². The van der Waals surface area contributed by atoms with E-state index >= 15 is 17.6 Å². The number of hydrogen-bond donors (Lipinski definition) is 0. The summed E-state index contributed by atoms with van der Waals surface area (Å²) in [5, 5.41) is -2.39. The van der Waals surface area contributed by atoms with Crippen LogP contribution in [0.3, 0.4) is 0 Å². The Labute approximate surface area is 226 Å². The quantitative estimate of drug-likeness (QED) is 0.172. The van der Waals surface area contributed by atoms with Crippen molar-refractivity contribution in [3.05, 3.63) is 99.6 Å². The second kappa shape index (κ2) is 10.5. The van der Waals surface area contributed by atoms with Gasteiger partial charge in [0.2, 0.25) is 0 Å². The lowest BCUT2D eigenvalue weighted by Gasteiger charge is -2.27. The van der Waals surface area contributed by atoms with Crippen molar-refractivity contribution in [2.75, 3.05) is 13.2 Å². The molecule has 1 fully saturated rings. The topological polar surface area (TPSA) is 27.7 Å². The fourth-order valence-corrected chi connectivity index (χ4v) is 4.48. The van der Waals surface area contributed by atoms with E-state index in [1.807, 2.05) is 6.92 Å². The van der Waals surface area contributed by atoms with Gasteiger partial charge in [0.25, 0.3) is 0 Å². The molecule has 0 unspecified atom stereocenters. The van der Waals surface area contributed by atoms with E-state index < -0.39 is 74.6 Å². The van der Waals surface area contributed by atoms with Gasteiger partial charge in [0.15, 0.2) is 29.6 Å². The van der Waals surface area contributed by atoms with E-state index in [0.717, 1.165) is 18.2 Å². The average Bonchev–Trinajstić information content (AvgIpc) is 2.89. The highest BCUT2D eigenvalue weighted by Crippen LogP contribution is 2.40. The van der Waals surface area contributed by atoms with Crippen molar-refractivity contribution in [3.8, 4) is 16.9 Å². The molecular formula is C28H17ClF8O3. The van der Waals surface area contributed by atoms with Gasteiger partial charge < -0.3 is 14.2 Å². The molecule has 1 heterocycles. The van der Waals surface area contributed by atoms with Gasteiger partial charge in [-0.05, 0) is 23.6 Å². The van der Waals surface area contributed by atoms with E-state index in [1.165, 1.54) is 12.1 Å². The van der Waals surface area contributed by atoms with Gasteiger partial charge in [-0.3, -0.25) is 0 Å². The van der Waals surface area contributed by atoms with Crippen molar-refractivity contribution >= 4 is 22.4 Å². The summed E-state index contributed by atoms with van der Waals surface area (Å²) < 4.78 is 132. The molecule has 210 valence electrons. The highest BCUT2D eigenvalue weighted by molar-refractivity contribution is 6.30. The Hall–Kier alpha value is -3.41. The minimum atomic E-state index is -4.55. The first-order chi connectivity index (χ1) is 18.9. The van der Waals surface area contributed by atoms with Gasteiger partial charge in [-0.25, -0.2) is 26.3 Å². The molecule has 0 bridgehead atoms. The van der Waals surface area contributed by atoms with Crippen LogP contribution in [0, 0.1) is 40.8 Å². The molecule has 1 aliphatic rings. The van der Waals surface area contributed by atoms with Crippen molar-refractivity contribution in [1.82, 2.24) is 0 Å². The van der Waals surface area contributed by atoms with Crippen LogP contribution in [-0.2, 0) is 15.6 Å². The van der Waals surface area contributed by atoms with Crippen LogP contribution in [0.2, 0.25) is 5.02 Å². The third-order valence-electron chi connectivity index (χ3n) is 6.26. The van der Waals surface area contributed by atoms with Crippen LogP contribution < -0.4 is 4.74 Å². The van der Waals surface area contributed by atoms with Crippen LogP contribution in [0.25, 0.3) is 21.9 Å². The molecule has 0 radical (unpaired) electrons. The number of hydrogen-bond acceptors (Lipinski definition) is 3. The number of fused-ring (bicyclic) bond motifs is 1. The van der Waals surface area contributed by atoms with Crippen molar-refractivity contribution in [2.24, 2.45) is 5.92 Å². The largest absolute Gasteiger partial charge is 0.429 e. The van der Waals surface area contributed by atoms with Gasteiger partial charge in [0, 0.05) is 34.7 Å². The predicted octanol–water partition coefficient (Wildman–Crippen LogP) is 8.80. The standard InChI is InChI=1S/C28H17ClF8O3/c1-12-10-38-27(39-11-12)14-2-4-16(20(30)7-14)17-6-13-3-5-18(24(33)22(13)26(35)23(17)32)28(36,37)40-15-8-19(29)25(34)21(31)9-15/h2-9,12,27H,10-11H2,1H3. The molecule has 0 aliphatic carbocycles. The number of rotatable bonds is 5. The van der Waals surface area contributed by atoms with Crippen LogP contribution in [0.1, 0.15) is 24.3 Å². The summed E-state index contributed by atoms with van der Waals surface area (Å²) in [7, 11) is 0. The zero-order valence-electron chi connectivity index (χ0n) is 20.3. The molecule has 1 saturated heterocycles. The third kappa shape index (κ3) is 5.09. The summed E-state index contributed by atoms with van der Waals surface area (Å²) in [6, 6.07) is 6.68. The molecule has 1 aliphatic heterocycles. The number of alkyl halides is 2. The lowest BCUT2D eigenvalue weighted by Crippen LogP contribution is -2.25. The maximum Gasteiger partial charge on any atom is 0.429 e. The minimum Gasteiger partial charge on any atom is -0.429 e. The number of halogens is 9. The Morgan fingerprint density at radius 3 is 2.12 bits per heavy atom. The van der Waals surface area contributed by atoms with E-state index in [1.54, 1.807) is 0 Å². The monoisotopic (exact) mass is 588 g/mol. The summed E-state index contributed by atoms with van der Waals surface area (Å²) in [6.45, 7) is 2.66. The highest BCUT2D eigenvalue weighted by Gasteiger charge is 2.39. The normalized spacial score (nSPS) is 17.9. The Kier molecular flexibility index (Phi) is 7.41. The second-order valence-corrected chi connectivity index (χ2v) is 9.65. The van der Waals surface area contributed by atoms with Gasteiger partial charge in [-0.1, -0.05) is 36.7 Å². The van der Waals surface area contributed by atoms with Crippen LogP contribution in [-0.4, -0.2) is 13.2 Å². The van der Waals surface area contributed by atoms with Gasteiger partial charge in [0.1, 0.15) is 22.9 Å². The van der Waals surface area contributed by atoms with Crippen molar-refractivity contribution < 1.29 is 49.3 Å². The first-order valence-corrected chi connectivity index (χ1v) is 12.1. The Morgan fingerprint density at radius 2 is 1.48 bits per heavy atom.